The first-order chi connectivity index (χ1) is 17.7. The third kappa shape index (κ3) is 5.14. The van der Waals surface area contributed by atoms with E-state index in [0.717, 1.165) is 16.9 Å². The number of carbonyl (C=O) groups excluding carboxylic acids is 2. The molecule has 1 unspecified atom stereocenters. The largest absolute Gasteiger partial charge is 0.477 e. The summed E-state index contributed by atoms with van der Waals surface area (Å²) in [5.41, 5.74) is 12.9. The fraction of sp³-hybridized carbons (Fsp3) is 0.350. The molecular weight excluding hydrogens is 542 g/mol. The van der Waals surface area contributed by atoms with E-state index < -0.39 is 29.2 Å². The molecule has 17 heteroatoms. The number of nitrogens with zero attached hydrogens (tertiary/aromatic N) is 5. The van der Waals surface area contributed by atoms with Crippen LogP contribution in [0.2, 0.25) is 0 Å². The Kier molecular flexibility index (Phi) is 7.74. The van der Waals surface area contributed by atoms with Gasteiger partial charge >= 0.3 is 11.1 Å². The van der Waals surface area contributed by atoms with Crippen molar-refractivity contribution < 1.29 is 29.0 Å². The monoisotopic (exact) mass is 566 g/mol. The van der Waals surface area contributed by atoms with Crippen LogP contribution in [0.15, 0.2) is 33.2 Å². The number of rotatable bonds is 9. The van der Waals surface area contributed by atoms with Gasteiger partial charge in [0, 0.05) is 16.9 Å². The highest BCUT2D eigenvalue weighted by molar-refractivity contribution is 8.01. The molecule has 2 amide bonds. The molecule has 0 bridgehead atoms. The predicted molar refractivity (Wildman–Crippen MR) is 139 cm³/mol. The van der Waals surface area contributed by atoms with E-state index in [9.17, 15) is 19.5 Å². The molecular formula is C20H24N9O5S3+. The van der Waals surface area contributed by atoms with Crippen LogP contribution in [0.1, 0.15) is 18.2 Å². The van der Waals surface area contributed by atoms with Crippen LogP contribution >= 0.6 is 34.9 Å². The summed E-state index contributed by atoms with van der Waals surface area (Å²) in [5, 5.41) is 17.8. The number of β-lactam (4-membered cyclic amide) rings is 1. The second kappa shape index (κ2) is 10.8. The van der Waals surface area contributed by atoms with Gasteiger partial charge in [0.1, 0.15) is 36.1 Å². The van der Waals surface area contributed by atoms with E-state index in [1.165, 1.54) is 45.6 Å². The maximum atomic E-state index is 13.0. The minimum atomic E-state index is -1.24. The maximum Gasteiger partial charge on any atom is 0.384 e. The van der Waals surface area contributed by atoms with Crippen molar-refractivity contribution in [3.63, 3.8) is 0 Å². The van der Waals surface area contributed by atoms with Gasteiger partial charge in [-0.2, -0.15) is 0 Å². The van der Waals surface area contributed by atoms with Crippen LogP contribution < -0.4 is 27.3 Å². The van der Waals surface area contributed by atoms with Crippen LogP contribution in [0.5, 0.6) is 0 Å². The number of hydrogen-bond acceptors (Lipinski definition) is 13. The molecule has 2 aromatic rings. The van der Waals surface area contributed by atoms with Gasteiger partial charge in [-0.15, -0.1) is 27.8 Å². The Morgan fingerprint density at radius 1 is 1.41 bits per heavy atom. The number of aryl methyl sites for hydroxylation is 1. The normalized spacial score (nSPS) is 19.4. The SMILES string of the molecule is CCc1c[n+](N)c(SCC2=C(C(=O)O)N3C(=O)C(NC(=O)/C(=N\OC)c4csc(N)n4)[C@H]3SC2)nc1N. The van der Waals surface area contributed by atoms with Gasteiger partial charge in [0.25, 0.3) is 11.8 Å². The van der Waals surface area contributed by atoms with Crippen LogP contribution in [0.25, 0.3) is 0 Å². The average molecular weight is 567 g/mol. The van der Waals surface area contributed by atoms with Crippen LogP contribution in [0.3, 0.4) is 0 Å². The van der Waals surface area contributed by atoms with E-state index in [1.807, 2.05) is 6.92 Å². The molecule has 1 fully saturated rings. The lowest BCUT2D eigenvalue weighted by Gasteiger charge is -2.49. The number of carboxylic acids is 1. The molecule has 8 N–H and O–H groups in total. The van der Waals surface area contributed by atoms with Crippen molar-refractivity contribution in [1.82, 2.24) is 20.2 Å². The van der Waals surface area contributed by atoms with E-state index >= 15 is 0 Å². The molecule has 0 aromatic carbocycles. The van der Waals surface area contributed by atoms with Crippen molar-refractivity contribution in [3.8, 4) is 0 Å². The van der Waals surface area contributed by atoms with Gasteiger partial charge in [0.2, 0.25) is 5.82 Å². The summed E-state index contributed by atoms with van der Waals surface area (Å²) in [6.45, 7) is 1.93. The summed E-state index contributed by atoms with van der Waals surface area (Å²) >= 11 is 3.67. The van der Waals surface area contributed by atoms with E-state index in [0.29, 0.717) is 28.7 Å². The smallest absolute Gasteiger partial charge is 0.384 e. The number of carbonyl (C=O) groups is 3. The molecule has 4 heterocycles. The third-order valence-electron chi connectivity index (χ3n) is 5.52. The Hall–Kier alpha value is -3.57. The topological polar surface area (TPSA) is 216 Å². The molecule has 196 valence electrons. The molecule has 4 rings (SSSR count). The number of aromatic nitrogens is 3. The number of fused-ring (bicyclic) bond motifs is 1. The second-order valence-electron chi connectivity index (χ2n) is 7.80. The molecule has 1 saturated heterocycles. The highest BCUT2D eigenvalue weighted by Crippen LogP contribution is 2.41. The predicted octanol–water partition coefficient (Wildman–Crippen LogP) is -0.852. The van der Waals surface area contributed by atoms with Crippen molar-refractivity contribution in [3.05, 3.63) is 34.1 Å². The Balaban J connectivity index is 1.50. The lowest BCUT2D eigenvalue weighted by atomic mass is 10.0. The number of oxime groups is 1. The number of thioether (sulfide) groups is 2. The number of thiazole rings is 1. The number of anilines is 2. The molecule has 2 aliphatic rings. The summed E-state index contributed by atoms with van der Waals surface area (Å²) in [7, 11) is 1.27. The Bertz CT molecular complexity index is 1330. The molecule has 0 aliphatic carbocycles. The Labute approximate surface area is 223 Å². The number of aliphatic carboxylic acids is 1. The lowest BCUT2D eigenvalue weighted by molar-refractivity contribution is -0.682. The van der Waals surface area contributed by atoms with Crippen molar-refractivity contribution in [2.75, 3.05) is 35.9 Å². The number of nitrogen functional groups attached to an aromatic ring is 3. The van der Waals surface area contributed by atoms with E-state index in [1.54, 1.807) is 6.20 Å². The summed E-state index contributed by atoms with van der Waals surface area (Å²) in [6, 6.07) is -0.951. The standard InChI is InChI=1S/C20H23N9O5S3/c1-3-8-4-28(23)20(26-14(8)21)37-6-9-5-35-17-12(16(31)29(17)13(9)18(32)33)25-15(30)11(27-34-2)10-7-36-19(22)24-10/h4,7,12,17,21H,3,5-6,23H2,1-2H3,(H4,22,24,25,30,32,33)/p+1/b27-11-/t12?,17-/m1/s1. The summed E-state index contributed by atoms with van der Waals surface area (Å²) in [6.07, 6.45) is 2.34. The third-order valence-corrected chi connectivity index (χ3v) is 8.58. The molecule has 2 aliphatic heterocycles. The van der Waals surface area contributed by atoms with Crippen molar-refractivity contribution in [2.24, 2.45) is 5.16 Å². The molecule has 0 saturated carbocycles. The van der Waals surface area contributed by atoms with Crippen LogP contribution in [-0.2, 0) is 25.6 Å². The van der Waals surface area contributed by atoms with E-state index in [4.69, 9.17) is 22.1 Å². The van der Waals surface area contributed by atoms with Crippen LogP contribution in [0.4, 0.5) is 10.9 Å². The van der Waals surface area contributed by atoms with Gasteiger partial charge in [-0.05, 0) is 28.7 Å². The molecule has 14 nitrogen and oxygen atoms in total. The number of amides is 2. The maximum absolute atomic E-state index is 13.0. The molecule has 0 radical (unpaired) electrons. The number of nitrogens with two attached hydrogens (primary N) is 3. The lowest BCUT2D eigenvalue weighted by Crippen LogP contribution is -2.71. The first kappa shape index (κ1) is 26.5. The minimum Gasteiger partial charge on any atom is -0.477 e. The number of nitrogens with one attached hydrogen (secondary N) is 1. The molecule has 2 aromatic heterocycles. The zero-order valence-corrected chi connectivity index (χ0v) is 22.2. The number of carboxylic acid groups (broad SMARTS) is 1. The second-order valence-corrected chi connectivity index (χ2v) is 10.7. The van der Waals surface area contributed by atoms with Crippen molar-refractivity contribution >= 4 is 69.3 Å². The molecule has 37 heavy (non-hydrogen) atoms. The summed E-state index contributed by atoms with van der Waals surface area (Å²) < 4.78 is 1.34. The van der Waals surface area contributed by atoms with Crippen LogP contribution in [-0.4, -0.2) is 73.5 Å². The van der Waals surface area contributed by atoms with Gasteiger partial charge in [-0.3, -0.25) is 20.3 Å². The molecule has 0 spiro atoms. The minimum absolute atomic E-state index is 0.119. The highest BCUT2D eigenvalue weighted by Gasteiger charge is 2.54. The summed E-state index contributed by atoms with van der Waals surface area (Å²) in [5.74, 6) is 4.43. The van der Waals surface area contributed by atoms with Gasteiger partial charge < -0.3 is 26.7 Å². The first-order valence-electron chi connectivity index (χ1n) is 10.8. The fourth-order valence-electron chi connectivity index (χ4n) is 3.75. The van der Waals surface area contributed by atoms with E-state index in [2.05, 4.69) is 20.4 Å². The Morgan fingerprint density at radius 3 is 2.78 bits per heavy atom. The first-order valence-corrected chi connectivity index (χ1v) is 13.7. The zero-order chi connectivity index (χ0) is 26.9. The van der Waals surface area contributed by atoms with Gasteiger partial charge in [0.05, 0.1) is 5.56 Å². The van der Waals surface area contributed by atoms with Gasteiger partial charge in [-0.25, -0.2) is 9.78 Å². The fourth-order valence-corrected chi connectivity index (χ4v) is 6.68. The van der Waals surface area contributed by atoms with Crippen molar-refractivity contribution in [2.45, 2.75) is 29.9 Å². The zero-order valence-electron chi connectivity index (χ0n) is 19.7. The quantitative estimate of drug-likeness (QED) is 0.0477. The van der Waals surface area contributed by atoms with Crippen LogP contribution in [0, 0.1) is 0 Å². The van der Waals surface area contributed by atoms with Gasteiger partial charge in [-0.1, -0.05) is 12.1 Å². The average Bonchev–Trinajstić information content (AvgIpc) is 3.30. The highest BCUT2D eigenvalue weighted by atomic mass is 32.2. The van der Waals surface area contributed by atoms with Gasteiger partial charge in [0.15, 0.2) is 10.8 Å². The summed E-state index contributed by atoms with van der Waals surface area (Å²) in [4.78, 5) is 52.3. The Morgan fingerprint density at radius 2 is 2.16 bits per heavy atom. The van der Waals surface area contributed by atoms with Crippen molar-refractivity contribution in [1.29, 1.82) is 0 Å². The number of hydrogen-bond donors (Lipinski definition) is 5. The molecule has 2 atom stereocenters. The van der Waals surface area contributed by atoms with E-state index in [-0.39, 0.29) is 28.0 Å².